The molecule has 1 aromatic carbocycles. The fourth-order valence-electron chi connectivity index (χ4n) is 3.55. The average molecular weight is 351 g/mol. The Morgan fingerprint density at radius 1 is 1.12 bits per heavy atom. The van der Waals surface area contributed by atoms with Crippen LogP contribution in [0.2, 0.25) is 0 Å². The quantitative estimate of drug-likeness (QED) is 0.823. The Balaban J connectivity index is 1.94. The Bertz CT molecular complexity index is 765. The van der Waals surface area contributed by atoms with Gasteiger partial charge in [-0.2, -0.15) is 4.31 Å². The monoisotopic (exact) mass is 351 g/mol. The summed E-state index contributed by atoms with van der Waals surface area (Å²) in [5.41, 5.74) is 0.874. The minimum absolute atomic E-state index is 0.0105. The lowest BCUT2D eigenvalue weighted by atomic mass is 9.86. The van der Waals surface area contributed by atoms with Crippen LogP contribution in [-0.4, -0.2) is 63.3 Å². The smallest absolute Gasteiger partial charge is 0.243 e. The van der Waals surface area contributed by atoms with Crippen molar-refractivity contribution in [3.05, 3.63) is 23.8 Å². The number of carbonyl (C=O) groups is 1. The molecule has 0 bridgehead atoms. The van der Waals surface area contributed by atoms with Gasteiger partial charge in [0.1, 0.15) is 0 Å². The van der Waals surface area contributed by atoms with Crippen LogP contribution in [-0.2, 0) is 20.2 Å². The maximum atomic E-state index is 13.0. The highest BCUT2D eigenvalue weighted by Gasteiger charge is 2.43. The van der Waals surface area contributed by atoms with E-state index in [1.54, 1.807) is 34.5 Å². The molecule has 2 aliphatic rings. The van der Waals surface area contributed by atoms with E-state index >= 15 is 0 Å². The van der Waals surface area contributed by atoms with Gasteiger partial charge >= 0.3 is 0 Å². The zero-order valence-electron chi connectivity index (χ0n) is 14.7. The van der Waals surface area contributed by atoms with Gasteiger partial charge in [-0.3, -0.25) is 4.79 Å². The number of nitrogens with zero attached hydrogens (tertiary/aromatic N) is 3. The summed E-state index contributed by atoms with van der Waals surface area (Å²) in [6, 6.07) is 5.04. The second-order valence-corrected chi connectivity index (χ2v) is 8.94. The molecule has 0 saturated carbocycles. The van der Waals surface area contributed by atoms with Crippen molar-refractivity contribution in [2.45, 2.75) is 31.1 Å². The Hall–Kier alpha value is -1.44. The first kappa shape index (κ1) is 17.4. The van der Waals surface area contributed by atoms with Crippen molar-refractivity contribution < 1.29 is 13.2 Å². The van der Waals surface area contributed by atoms with Crippen LogP contribution in [0.25, 0.3) is 0 Å². The summed E-state index contributed by atoms with van der Waals surface area (Å²) in [5, 5.41) is 0. The minimum atomic E-state index is -3.52. The fourth-order valence-corrected chi connectivity index (χ4v) is 5.00. The van der Waals surface area contributed by atoms with Crippen molar-refractivity contribution in [2.75, 3.05) is 44.7 Å². The van der Waals surface area contributed by atoms with Crippen LogP contribution in [0.4, 0.5) is 5.69 Å². The van der Waals surface area contributed by atoms with E-state index in [4.69, 9.17) is 0 Å². The molecule has 0 atom stereocenters. The number of fused-ring (bicyclic) bond motifs is 1. The Kier molecular flexibility index (Phi) is 4.22. The molecule has 1 aromatic rings. The van der Waals surface area contributed by atoms with Crippen LogP contribution in [0.1, 0.15) is 26.3 Å². The fraction of sp³-hybridized carbons (Fsp3) is 0.588. The van der Waals surface area contributed by atoms with E-state index in [1.807, 2.05) is 13.8 Å². The van der Waals surface area contributed by atoms with Gasteiger partial charge in [0.05, 0.1) is 10.3 Å². The molecule has 0 N–H and O–H groups in total. The summed E-state index contributed by atoms with van der Waals surface area (Å²) in [6.45, 7) is 9.24. The molecular weight excluding hydrogens is 326 g/mol. The molecule has 1 fully saturated rings. The van der Waals surface area contributed by atoms with Crippen LogP contribution in [0.3, 0.4) is 0 Å². The van der Waals surface area contributed by atoms with Crippen LogP contribution in [0.5, 0.6) is 0 Å². The molecule has 2 aliphatic heterocycles. The van der Waals surface area contributed by atoms with Crippen LogP contribution < -0.4 is 4.90 Å². The van der Waals surface area contributed by atoms with Crippen LogP contribution in [0, 0.1) is 0 Å². The lowest BCUT2D eigenvalue weighted by Crippen LogP contribution is -2.48. The standard InChI is InChI=1S/C17H25N3O3S/c1-5-19-8-10-20(11-9-19)24(22,23)13-6-7-15-14(12-13)17(2,3)16(21)18(15)4/h6-7,12H,5,8-11H2,1-4H3. The van der Waals surface area contributed by atoms with Crippen LogP contribution >= 0.6 is 0 Å². The van der Waals surface area contributed by atoms with E-state index in [9.17, 15) is 13.2 Å². The van der Waals surface area contributed by atoms with Crippen molar-refractivity contribution in [2.24, 2.45) is 0 Å². The number of amides is 1. The molecule has 7 heteroatoms. The normalized spacial score (nSPS) is 22.0. The first-order valence-electron chi connectivity index (χ1n) is 8.34. The summed E-state index contributed by atoms with van der Waals surface area (Å²) in [5.74, 6) is -0.0105. The molecule has 0 radical (unpaired) electrons. The molecule has 0 unspecified atom stereocenters. The number of rotatable bonds is 3. The lowest BCUT2D eigenvalue weighted by molar-refractivity contribution is -0.121. The third-order valence-electron chi connectivity index (χ3n) is 5.26. The van der Waals surface area contributed by atoms with Gasteiger partial charge < -0.3 is 9.80 Å². The molecule has 0 spiro atoms. The third kappa shape index (κ3) is 2.55. The molecule has 0 aliphatic carbocycles. The molecular formula is C17H25N3O3S. The van der Waals surface area contributed by atoms with Gasteiger partial charge in [-0.15, -0.1) is 0 Å². The number of anilines is 1. The Labute approximate surface area is 144 Å². The van der Waals surface area contributed by atoms with Crippen molar-refractivity contribution >= 4 is 21.6 Å². The second-order valence-electron chi connectivity index (χ2n) is 7.01. The molecule has 3 rings (SSSR count). The summed E-state index contributed by atoms with van der Waals surface area (Å²) in [4.78, 5) is 16.5. The minimum Gasteiger partial charge on any atom is -0.314 e. The number of carbonyl (C=O) groups excluding carboxylic acids is 1. The second kappa shape index (κ2) is 5.82. The number of piperazine rings is 1. The van der Waals surface area contributed by atoms with Gasteiger partial charge in [0.25, 0.3) is 0 Å². The van der Waals surface area contributed by atoms with Crippen molar-refractivity contribution in [1.29, 1.82) is 0 Å². The molecule has 2 heterocycles. The number of hydrogen-bond acceptors (Lipinski definition) is 4. The van der Waals surface area contributed by atoms with E-state index < -0.39 is 15.4 Å². The maximum absolute atomic E-state index is 13.0. The lowest BCUT2D eigenvalue weighted by Gasteiger charge is -2.33. The van der Waals surface area contributed by atoms with Gasteiger partial charge in [0, 0.05) is 38.9 Å². The van der Waals surface area contributed by atoms with Gasteiger partial charge in [-0.25, -0.2) is 8.42 Å². The molecule has 24 heavy (non-hydrogen) atoms. The first-order chi connectivity index (χ1) is 11.2. The molecule has 1 amide bonds. The molecule has 132 valence electrons. The maximum Gasteiger partial charge on any atom is 0.243 e. The summed E-state index contributed by atoms with van der Waals surface area (Å²) >= 11 is 0. The highest BCUT2D eigenvalue weighted by molar-refractivity contribution is 7.89. The zero-order valence-corrected chi connectivity index (χ0v) is 15.6. The SMILES string of the molecule is CCN1CCN(S(=O)(=O)c2ccc3c(c2)C(C)(C)C(=O)N3C)CC1. The average Bonchev–Trinajstić information content (AvgIpc) is 2.75. The van der Waals surface area contributed by atoms with Gasteiger partial charge in [-0.1, -0.05) is 6.92 Å². The third-order valence-corrected chi connectivity index (χ3v) is 7.15. The highest BCUT2D eigenvalue weighted by atomic mass is 32.2. The predicted octanol–water partition coefficient (Wildman–Crippen LogP) is 1.27. The van der Waals surface area contributed by atoms with E-state index in [1.165, 1.54) is 0 Å². The number of likely N-dealkylation sites (N-methyl/N-ethyl adjacent to an activating group) is 2. The zero-order chi connectivity index (χ0) is 17.7. The van der Waals surface area contributed by atoms with Crippen molar-refractivity contribution in [3.8, 4) is 0 Å². The molecule has 6 nitrogen and oxygen atoms in total. The molecule has 0 aromatic heterocycles. The van der Waals surface area contributed by atoms with Crippen molar-refractivity contribution in [3.63, 3.8) is 0 Å². The van der Waals surface area contributed by atoms with Crippen LogP contribution in [0.15, 0.2) is 23.1 Å². The number of benzene rings is 1. The Morgan fingerprint density at radius 3 is 2.33 bits per heavy atom. The largest absolute Gasteiger partial charge is 0.314 e. The van der Waals surface area contributed by atoms with Gasteiger partial charge in [0.2, 0.25) is 15.9 Å². The number of hydrogen-bond donors (Lipinski definition) is 0. The predicted molar refractivity (Wildman–Crippen MR) is 93.8 cm³/mol. The Morgan fingerprint density at radius 2 is 1.75 bits per heavy atom. The van der Waals surface area contributed by atoms with E-state index in [2.05, 4.69) is 11.8 Å². The van der Waals surface area contributed by atoms with Crippen molar-refractivity contribution in [1.82, 2.24) is 9.21 Å². The molecule has 1 saturated heterocycles. The van der Waals surface area contributed by atoms with E-state index in [0.29, 0.717) is 13.1 Å². The van der Waals surface area contributed by atoms with E-state index in [0.717, 1.165) is 30.9 Å². The number of sulfonamides is 1. The van der Waals surface area contributed by atoms with Gasteiger partial charge in [0.15, 0.2) is 0 Å². The van der Waals surface area contributed by atoms with Gasteiger partial charge in [-0.05, 0) is 44.2 Å². The first-order valence-corrected chi connectivity index (χ1v) is 9.78. The van der Waals surface area contributed by atoms with E-state index in [-0.39, 0.29) is 10.8 Å². The summed E-state index contributed by atoms with van der Waals surface area (Å²) in [6.07, 6.45) is 0. The summed E-state index contributed by atoms with van der Waals surface area (Å²) < 4.78 is 27.5. The highest BCUT2D eigenvalue weighted by Crippen LogP contribution is 2.41. The topological polar surface area (TPSA) is 60.9 Å². The summed E-state index contributed by atoms with van der Waals surface area (Å²) in [7, 11) is -1.79.